The Balaban J connectivity index is 0.000000298. The number of benzene rings is 3. The average Bonchev–Trinajstić information content (AvgIpc) is 2.72. The van der Waals surface area contributed by atoms with Crippen LogP contribution in [-0.4, -0.2) is 19.8 Å². The summed E-state index contributed by atoms with van der Waals surface area (Å²) in [6.45, 7) is 7.02. The van der Waals surface area contributed by atoms with Crippen LogP contribution in [0.3, 0.4) is 0 Å². The van der Waals surface area contributed by atoms with Gasteiger partial charge in [0.15, 0.2) is 0 Å². The van der Waals surface area contributed by atoms with E-state index in [0.717, 1.165) is 0 Å². The van der Waals surface area contributed by atoms with Gasteiger partial charge in [0.1, 0.15) is 0 Å². The first-order valence-corrected chi connectivity index (χ1v) is 9.72. The maximum Gasteiger partial charge on any atom is 0.241 e. The van der Waals surface area contributed by atoms with E-state index in [1.165, 1.54) is 42.3 Å². The lowest BCUT2D eigenvalue weighted by Crippen LogP contribution is -2.51. The van der Waals surface area contributed by atoms with Crippen molar-refractivity contribution >= 4 is 23.1 Å². The highest BCUT2D eigenvalue weighted by Crippen LogP contribution is 1.95. The summed E-state index contributed by atoms with van der Waals surface area (Å²) in [4.78, 5) is 0. The van der Waals surface area contributed by atoms with Crippen LogP contribution in [0.15, 0.2) is 91.0 Å². The first kappa shape index (κ1) is 20.0. The fourth-order valence-electron chi connectivity index (χ4n) is 2.99. The zero-order valence-corrected chi connectivity index (χ0v) is 16.1. The number of hydrogen-bond donors (Lipinski definition) is 1. The zero-order chi connectivity index (χ0) is 18.5. The van der Waals surface area contributed by atoms with Crippen LogP contribution in [0, 0.1) is 0 Å². The molecule has 0 saturated heterocycles. The molecule has 3 aromatic rings. The summed E-state index contributed by atoms with van der Waals surface area (Å²) in [5.41, 5.74) is 4.00. The summed E-state index contributed by atoms with van der Waals surface area (Å²) < 4.78 is 0. The van der Waals surface area contributed by atoms with Crippen LogP contribution in [0.25, 0.3) is 0 Å². The van der Waals surface area contributed by atoms with Gasteiger partial charge in [0, 0.05) is 0 Å². The lowest BCUT2D eigenvalue weighted by molar-refractivity contribution is 0.662. The summed E-state index contributed by atoms with van der Waals surface area (Å²) in [5, 5.41) is 3.28. The largest absolute Gasteiger partial charge is 0.317 e. The van der Waals surface area contributed by atoms with Gasteiger partial charge in [-0.15, -0.1) is 0 Å². The van der Waals surface area contributed by atoms with Gasteiger partial charge in [-0.25, -0.2) is 0 Å². The second kappa shape index (κ2) is 12.1. The first-order valence-electron chi connectivity index (χ1n) is 9.72. The summed E-state index contributed by atoms with van der Waals surface area (Å²) >= 11 is 0. The predicted molar refractivity (Wildman–Crippen MR) is 117 cm³/mol. The molecule has 0 amide bonds. The number of rotatable bonds is 7. The second-order valence-corrected chi connectivity index (χ2v) is 6.42. The topological polar surface area (TPSA) is 12.0 Å². The van der Waals surface area contributed by atoms with Gasteiger partial charge in [-0.1, -0.05) is 121 Å². The molecule has 0 aliphatic carbocycles. The Hall–Kier alpha value is -2.32. The van der Waals surface area contributed by atoms with Crippen molar-refractivity contribution in [3.8, 4) is 0 Å². The van der Waals surface area contributed by atoms with Crippen LogP contribution >= 0.6 is 0 Å². The molecule has 0 aromatic heterocycles. The SMILES string of the molecule is CCCNCCC.c1ccc(B(c2ccccc2)c2ccccc2)cc1. The first-order chi connectivity index (χ1) is 12.9. The monoisotopic (exact) mass is 343 g/mol. The van der Waals surface area contributed by atoms with Gasteiger partial charge in [-0.3, -0.25) is 0 Å². The van der Waals surface area contributed by atoms with Crippen molar-refractivity contribution in [3.05, 3.63) is 91.0 Å². The molecule has 2 heteroatoms. The average molecular weight is 343 g/mol. The molecule has 0 saturated carbocycles. The number of hydrogen-bond acceptors (Lipinski definition) is 1. The van der Waals surface area contributed by atoms with E-state index in [1.807, 2.05) is 0 Å². The van der Waals surface area contributed by atoms with Crippen LogP contribution in [0.4, 0.5) is 0 Å². The minimum absolute atomic E-state index is 0.309. The number of nitrogens with one attached hydrogen (secondary N) is 1. The van der Waals surface area contributed by atoms with Crippen LogP contribution in [-0.2, 0) is 0 Å². The maximum absolute atomic E-state index is 3.28. The van der Waals surface area contributed by atoms with Gasteiger partial charge in [0.25, 0.3) is 0 Å². The van der Waals surface area contributed by atoms with Crippen molar-refractivity contribution in [2.45, 2.75) is 26.7 Å². The van der Waals surface area contributed by atoms with Crippen LogP contribution in [0.5, 0.6) is 0 Å². The van der Waals surface area contributed by atoms with Crippen LogP contribution in [0.1, 0.15) is 26.7 Å². The fraction of sp³-hybridized carbons (Fsp3) is 0.250. The Kier molecular flexibility index (Phi) is 9.31. The van der Waals surface area contributed by atoms with Crippen molar-refractivity contribution in [2.75, 3.05) is 13.1 Å². The second-order valence-electron chi connectivity index (χ2n) is 6.42. The summed E-state index contributed by atoms with van der Waals surface area (Å²) in [5.74, 6) is 0. The highest BCUT2D eigenvalue weighted by atomic mass is 14.8. The molecule has 134 valence electrons. The van der Waals surface area contributed by atoms with Crippen LogP contribution in [0.2, 0.25) is 0 Å². The third-order valence-electron chi connectivity index (χ3n) is 4.25. The van der Waals surface area contributed by atoms with Crippen molar-refractivity contribution in [1.29, 1.82) is 0 Å². The van der Waals surface area contributed by atoms with Crippen molar-refractivity contribution < 1.29 is 0 Å². The third kappa shape index (κ3) is 6.53. The van der Waals surface area contributed by atoms with Crippen molar-refractivity contribution in [2.24, 2.45) is 0 Å². The molecule has 3 rings (SSSR count). The minimum Gasteiger partial charge on any atom is -0.317 e. The molecule has 1 N–H and O–H groups in total. The molecular weight excluding hydrogens is 313 g/mol. The molecule has 0 radical (unpaired) electrons. The van der Waals surface area contributed by atoms with Crippen LogP contribution < -0.4 is 21.7 Å². The Bertz CT molecular complexity index is 600. The summed E-state index contributed by atoms with van der Waals surface area (Å²) in [6.07, 6.45) is 2.50. The molecule has 0 spiro atoms. The quantitative estimate of drug-likeness (QED) is 0.511. The summed E-state index contributed by atoms with van der Waals surface area (Å²) in [6, 6.07) is 32.0. The molecule has 0 fully saturated rings. The highest BCUT2D eigenvalue weighted by molar-refractivity contribution is 6.95. The molecule has 0 aliphatic rings. The van der Waals surface area contributed by atoms with E-state index in [4.69, 9.17) is 0 Å². The maximum atomic E-state index is 3.28. The zero-order valence-electron chi connectivity index (χ0n) is 16.1. The van der Waals surface area contributed by atoms with Crippen molar-refractivity contribution in [1.82, 2.24) is 5.32 Å². The highest BCUT2D eigenvalue weighted by Gasteiger charge is 2.20. The van der Waals surface area contributed by atoms with E-state index in [-0.39, 0.29) is 0 Å². The van der Waals surface area contributed by atoms with Gasteiger partial charge in [0.05, 0.1) is 0 Å². The van der Waals surface area contributed by atoms with Gasteiger partial charge in [0.2, 0.25) is 6.71 Å². The molecule has 0 unspecified atom stereocenters. The van der Waals surface area contributed by atoms with E-state index in [0.29, 0.717) is 6.71 Å². The van der Waals surface area contributed by atoms with Gasteiger partial charge in [-0.05, 0) is 25.9 Å². The normalized spacial score (nSPS) is 9.92. The Morgan fingerprint density at radius 3 is 1.12 bits per heavy atom. The molecule has 0 bridgehead atoms. The Labute approximate surface area is 159 Å². The van der Waals surface area contributed by atoms with Crippen molar-refractivity contribution in [3.63, 3.8) is 0 Å². The predicted octanol–water partition coefficient (Wildman–Crippen LogP) is 3.60. The molecule has 0 heterocycles. The van der Waals surface area contributed by atoms with E-state index < -0.39 is 0 Å². The lowest BCUT2D eigenvalue weighted by Gasteiger charge is -2.15. The van der Waals surface area contributed by atoms with E-state index in [2.05, 4.69) is 110 Å². The molecule has 26 heavy (non-hydrogen) atoms. The van der Waals surface area contributed by atoms with E-state index in [1.54, 1.807) is 0 Å². The third-order valence-corrected chi connectivity index (χ3v) is 4.25. The fourth-order valence-corrected chi connectivity index (χ4v) is 2.99. The van der Waals surface area contributed by atoms with E-state index in [9.17, 15) is 0 Å². The molecule has 1 nitrogen and oxygen atoms in total. The lowest BCUT2D eigenvalue weighted by atomic mass is 9.37. The van der Waals surface area contributed by atoms with E-state index >= 15 is 0 Å². The van der Waals surface area contributed by atoms with Gasteiger partial charge < -0.3 is 5.32 Å². The minimum atomic E-state index is 0.309. The molecule has 0 atom stereocenters. The van der Waals surface area contributed by atoms with Gasteiger partial charge in [-0.2, -0.15) is 0 Å². The molecule has 3 aromatic carbocycles. The smallest absolute Gasteiger partial charge is 0.241 e. The van der Waals surface area contributed by atoms with Gasteiger partial charge >= 0.3 is 0 Å². The Morgan fingerprint density at radius 2 is 0.846 bits per heavy atom. The Morgan fingerprint density at radius 1 is 0.538 bits per heavy atom. The summed E-state index contributed by atoms with van der Waals surface area (Å²) in [7, 11) is 0. The standard InChI is InChI=1S/C18H15B.C6H15N/c1-4-10-16(11-5-1)19(17-12-6-2-7-13-17)18-14-8-3-9-15-18;1-3-5-7-6-4-2/h1-15H;7H,3-6H2,1-2H3. The molecular formula is C24H30BN. The molecule has 0 aliphatic heterocycles.